The van der Waals surface area contributed by atoms with E-state index in [1.165, 1.54) is 30.4 Å². The van der Waals surface area contributed by atoms with Gasteiger partial charge in [0.05, 0.1) is 12.2 Å². The predicted molar refractivity (Wildman–Crippen MR) is 146 cm³/mol. The minimum Gasteiger partial charge on any atom is -0.489 e. The molecule has 1 aliphatic rings. The Morgan fingerprint density at radius 3 is 2.38 bits per heavy atom. The van der Waals surface area contributed by atoms with Crippen LogP contribution in [0.4, 0.5) is 17.6 Å². The van der Waals surface area contributed by atoms with Crippen LogP contribution in [-0.2, 0) is 15.8 Å². The van der Waals surface area contributed by atoms with Gasteiger partial charge in [0, 0.05) is 21.6 Å². The Labute approximate surface area is 241 Å². The smallest absolute Gasteiger partial charge is 0.424 e. The average Bonchev–Trinajstić information content (AvgIpc) is 3.52. The Bertz CT molecular complexity index is 1680. The quantitative estimate of drug-likeness (QED) is 0.266. The molecule has 5 rings (SSSR count). The first-order valence-corrected chi connectivity index (χ1v) is 13.4. The van der Waals surface area contributed by atoms with Gasteiger partial charge >= 0.3 is 6.18 Å². The lowest BCUT2D eigenvalue weighted by Gasteiger charge is -2.31. The first kappa shape index (κ1) is 29.1. The number of carbonyl (C=O) groups is 2. The number of halogens is 4. The number of hydrogen-bond donors (Lipinski definition) is 3. The largest absolute Gasteiger partial charge is 0.489 e. The topological polar surface area (TPSA) is 127 Å². The highest BCUT2D eigenvalue weighted by molar-refractivity contribution is 7.15. The minimum absolute atomic E-state index is 0.0215. The summed E-state index contributed by atoms with van der Waals surface area (Å²) in [5, 5.41) is 13.8. The zero-order valence-electron chi connectivity index (χ0n) is 22.3. The van der Waals surface area contributed by atoms with Crippen LogP contribution in [-0.4, -0.2) is 46.2 Å². The number of nitrogens with one attached hydrogen (secondary N) is 1. The molecule has 2 aromatic carbocycles. The van der Waals surface area contributed by atoms with E-state index in [1.807, 2.05) is 6.07 Å². The molecule has 1 unspecified atom stereocenters. The third kappa shape index (κ3) is 4.98. The van der Waals surface area contributed by atoms with Gasteiger partial charge in [-0.1, -0.05) is 30.3 Å². The molecule has 1 aliphatic heterocycles. The molecule has 4 aromatic rings. The van der Waals surface area contributed by atoms with Crippen molar-refractivity contribution in [3.8, 4) is 27.6 Å². The van der Waals surface area contributed by atoms with Crippen LogP contribution >= 0.6 is 11.3 Å². The molecule has 4 N–H and O–H groups in total. The number of rotatable bonds is 7. The van der Waals surface area contributed by atoms with Crippen molar-refractivity contribution in [3.63, 3.8) is 0 Å². The summed E-state index contributed by atoms with van der Waals surface area (Å²) in [5.74, 6) is -2.43. The second kappa shape index (κ2) is 10.5. The highest BCUT2D eigenvalue weighted by Gasteiger charge is 2.57. The Hall–Kier alpha value is -4.36. The summed E-state index contributed by atoms with van der Waals surface area (Å²) in [6, 6.07) is 14.5. The Balaban J connectivity index is 1.56. The third-order valence-electron chi connectivity index (χ3n) is 7.16. The van der Waals surface area contributed by atoms with Crippen LogP contribution in [0.1, 0.15) is 33.5 Å². The molecule has 0 bridgehead atoms. The summed E-state index contributed by atoms with van der Waals surface area (Å²) in [4.78, 5) is 34.2. The summed E-state index contributed by atoms with van der Waals surface area (Å²) < 4.78 is 63.1. The van der Waals surface area contributed by atoms with Gasteiger partial charge in [-0.3, -0.25) is 9.59 Å². The number of thiazole rings is 1. The van der Waals surface area contributed by atoms with Crippen molar-refractivity contribution < 1.29 is 37.0 Å². The van der Waals surface area contributed by atoms with E-state index < -0.39 is 47.1 Å². The van der Waals surface area contributed by atoms with Crippen LogP contribution in [0, 0.1) is 12.7 Å². The lowest BCUT2D eigenvalue weighted by Crippen LogP contribution is -2.52. The van der Waals surface area contributed by atoms with Crippen LogP contribution in [0.5, 0.6) is 5.75 Å². The van der Waals surface area contributed by atoms with E-state index in [9.17, 15) is 32.3 Å². The van der Waals surface area contributed by atoms with Gasteiger partial charge in [-0.2, -0.15) is 13.2 Å². The number of aromatic nitrogens is 2. The number of amides is 2. The molecule has 3 heterocycles. The molecule has 2 aromatic heterocycles. The van der Waals surface area contributed by atoms with Crippen molar-refractivity contribution in [1.29, 1.82) is 0 Å². The van der Waals surface area contributed by atoms with Crippen molar-refractivity contribution in [2.75, 3.05) is 13.2 Å². The van der Waals surface area contributed by atoms with Crippen LogP contribution in [0.3, 0.4) is 0 Å². The highest BCUT2D eigenvalue weighted by Crippen LogP contribution is 2.47. The van der Waals surface area contributed by atoms with Crippen molar-refractivity contribution >= 4 is 23.2 Å². The Morgan fingerprint density at radius 2 is 1.76 bits per heavy atom. The van der Waals surface area contributed by atoms with E-state index in [2.05, 4.69) is 15.3 Å². The fourth-order valence-corrected chi connectivity index (χ4v) is 5.46. The fraction of sp³-hybridized carbons (Fsp3) is 0.241. The molecule has 2 amide bonds. The molecule has 2 atom stereocenters. The maximum Gasteiger partial charge on any atom is 0.424 e. The van der Waals surface area contributed by atoms with Crippen LogP contribution in [0.2, 0.25) is 0 Å². The number of aryl methyl sites for hydroxylation is 1. The summed E-state index contributed by atoms with van der Waals surface area (Å²) in [7, 11) is 0. The number of ether oxygens (including phenoxy) is 1. The third-order valence-corrected chi connectivity index (χ3v) is 8.18. The maximum absolute atomic E-state index is 14.6. The minimum atomic E-state index is -5.34. The lowest BCUT2D eigenvalue weighted by atomic mass is 9.81. The molecular weight excluding hydrogens is 576 g/mol. The van der Waals surface area contributed by atoms with Gasteiger partial charge in [-0.25, -0.2) is 14.4 Å². The normalized spacial score (nSPS) is 17.7. The molecule has 0 spiro atoms. The Morgan fingerprint density at radius 1 is 1.10 bits per heavy atom. The van der Waals surface area contributed by atoms with Gasteiger partial charge in [0.2, 0.25) is 11.5 Å². The number of primary amides is 1. The average molecular weight is 601 g/mol. The van der Waals surface area contributed by atoms with E-state index >= 15 is 0 Å². The number of fused-ring (bicyclic) bond motifs is 1. The van der Waals surface area contributed by atoms with E-state index in [4.69, 9.17) is 10.5 Å². The number of nitrogens with zero attached hydrogens (tertiary/aromatic N) is 2. The highest BCUT2D eigenvalue weighted by atomic mass is 32.1. The number of alkyl halides is 3. The molecular formula is C29H24F4N4O4S. The van der Waals surface area contributed by atoms with Crippen molar-refractivity contribution in [2.45, 2.75) is 31.0 Å². The van der Waals surface area contributed by atoms with Gasteiger partial charge in [0.25, 0.3) is 5.91 Å². The zero-order valence-corrected chi connectivity index (χ0v) is 23.1. The summed E-state index contributed by atoms with van der Waals surface area (Å²) in [6.45, 7) is 1.39. The second-order valence-corrected chi connectivity index (χ2v) is 11.3. The SMILES string of the molecule is Cc1sc(-c2ccccc2)nc1C(=O)NCC(O)(c1cc2c(c(-c3ccc(F)cc3)n1)OC[C@]2(C)C(N)=O)C(F)(F)F. The standard InChI is InChI=1S/C29H24F4N4O4S/c1-15-21(37-25(42-15)17-6-4-3-5-7-17)24(38)35-13-28(40,29(31,32)33)20-12-19-23(41-14-27(19,2)26(34)39)22(36-20)16-8-10-18(30)11-9-16/h3-12,40H,13-14H2,1-2H3,(H2,34,39)(H,35,38)/t27-,28?/m0/s1. The van der Waals surface area contributed by atoms with Crippen LogP contribution < -0.4 is 15.8 Å². The molecule has 218 valence electrons. The van der Waals surface area contributed by atoms with Crippen molar-refractivity contribution in [2.24, 2.45) is 5.73 Å². The number of carbonyl (C=O) groups excluding carboxylic acids is 2. The fourth-order valence-electron chi connectivity index (χ4n) is 4.54. The van der Waals surface area contributed by atoms with E-state index in [0.717, 1.165) is 23.8 Å². The van der Waals surface area contributed by atoms with Gasteiger partial charge < -0.3 is 20.9 Å². The monoisotopic (exact) mass is 600 g/mol. The van der Waals surface area contributed by atoms with E-state index in [0.29, 0.717) is 9.88 Å². The van der Waals surface area contributed by atoms with Crippen LogP contribution in [0.15, 0.2) is 60.7 Å². The first-order chi connectivity index (χ1) is 19.7. The van der Waals surface area contributed by atoms with Gasteiger partial charge in [-0.05, 0) is 44.2 Å². The molecule has 8 nitrogen and oxygen atoms in total. The van der Waals surface area contributed by atoms with Crippen molar-refractivity contribution in [1.82, 2.24) is 15.3 Å². The van der Waals surface area contributed by atoms with Gasteiger partial charge in [0.1, 0.15) is 40.0 Å². The van der Waals surface area contributed by atoms with E-state index in [-0.39, 0.29) is 34.9 Å². The number of nitrogens with two attached hydrogens (primary N) is 1. The molecule has 0 saturated heterocycles. The lowest BCUT2D eigenvalue weighted by molar-refractivity contribution is -0.265. The maximum atomic E-state index is 14.6. The summed E-state index contributed by atoms with van der Waals surface area (Å²) >= 11 is 1.19. The molecule has 13 heteroatoms. The summed E-state index contributed by atoms with van der Waals surface area (Å²) in [5.41, 5.74) is 0.0265. The van der Waals surface area contributed by atoms with Crippen molar-refractivity contribution in [3.05, 3.63) is 88.3 Å². The number of benzene rings is 2. The number of hydrogen-bond acceptors (Lipinski definition) is 7. The zero-order chi connectivity index (χ0) is 30.4. The molecule has 0 saturated carbocycles. The Kier molecular flexibility index (Phi) is 7.27. The molecule has 42 heavy (non-hydrogen) atoms. The first-order valence-electron chi connectivity index (χ1n) is 12.6. The van der Waals surface area contributed by atoms with Gasteiger partial charge in [0.15, 0.2) is 0 Å². The number of pyridine rings is 1. The number of aliphatic hydroxyl groups is 1. The molecule has 0 aliphatic carbocycles. The molecule has 0 radical (unpaired) electrons. The predicted octanol–water partition coefficient (Wildman–Crippen LogP) is 4.63. The van der Waals surface area contributed by atoms with E-state index in [1.54, 1.807) is 31.2 Å². The second-order valence-electron chi connectivity index (χ2n) is 10.1. The summed E-state index contributed by atoms with van der Waals surface area (Å²) in [6.07, 6.45) is -5.34. The van der Waals surface area contributed by atoms with Gasteiger partial charge in [-0.15, -0.1) is 11.3 Å². The molecule has 0 fully saturated rings. The van der Waals surface area contributed by atoms with Crippen LogP contribution in [0.25, 0.3) is 21.8 Å².